The van der Waals surface area contributed by atoms with Crippen LogP contribution >= 0.6 is 0 Å². The van der Waals surface area contributed by atoms with Gasteiger partial charge in [0, 0.05) is 50.8 Å². The molecule has 8 nitrogen and oxygen atoms in total. The van der Waals surface area contributed by atoms with E-state index < -0.39 is 5.82 Å². The number of aromatic nitrogens is 5. The first-order valence-electron chi connectivity index (χ1n) is 8.16. The largest absolute Gasteiger partial charge is 0.353 e. The summed E-state index contributed by atoms with van der Waals surface area (Å²) in [5.41, 5.74) is 0.267. The van der Waals surface area contributed by atoms with E-state index in [9.17, 15) is 9.18 Å². The summed E-state index contributed by atoms with van der Waals surface area (Å²) in [6.07, 6.45) is 9.17. The summed E-state index contributed by atoms with van der Waals surface area (Å²) in [6.45, 7) is 2.32. The maximum atomic E-state index is 13.3. The fourth-order valence-corrected chi connectivity index (χ4v) is 2.90. The first kappa shape index (κ1) is 16.1. The number of amides is 1. The quantitative estimate of drug-likeness (QED) is 0.703. The number of rotatable bonds is 3. The number of nitrogens with zero attached hydrogens (tertiary/aromatic N) is 7. The number of anilines is 1. The fourth-order valence-electron chi connectivity index (χ4n) is 2.90. The maximum absolute atomic E-state index is 13.3. The van der Waals surface area contributed by atoms with Gasteiger partial charge in [-0.05, 0) is 6.07 Å². The first-order chi connectivity index (χ1) is 12.7. The molecule has 1 amide bonds. The van der Waals surface area contributed by atoms with Crippen LogP contribution in [0, 0.1) is 5.82 Å². The molecule has 26 heavy (non-hydrogen) atoms. The van der Waals surface area contributed by atoms with Gasteiger partial charge in [-0.25, -0.2) is 19.3 Å². The maximum Gasteiger partial charge on any atom is 0.255 e. The van der Waals surface area contributed by atoms with Crippen LogP contribution in [0.3, 0.4) is 0 Å². The molecule has 0 aliphatic carbocycles. The predicted octanol–water partition coefficient (Wildman–Crippen LogP) is 1.16. The van der Waals surface area contributed by atoms with Gasteiger partial charge in [-0.3, -0.25) is 14.3 Å². The molecule has 0 unspecified atom stereocenters. The van der Waals surface area contributed by atoms with Gasteiger partial charge in [0.1, 0.15) is 30.1 Å². The third-order valence-electron chi connectivity index (χ3n) is 4.25. The van der Waals surface area contributed by atoms with Crippen molar-refractivity contribution in [3.05, 3.63) is 61.0 Å². The number of hydrogen-bond donors (Lipinski definition) is 0. The smallest absolute Gasteiger partial charge is 0.255 e. The van der Waals surface area contributed by atoms with Crippen LogP contribution in [0.15, 0.2) is 49.6 Å². The number of pyridine rings is 1. The summed E-state index contributed by atoms with van der Waals surface area (Å²) < 4.78 is 15.1. The van der Waals surface area contributed by atoms with Gasteiger partial charge in [-0.2, -0.15) is 0 Å². The molecule has 0 radical (unpaired) electrons. The highest BCUT2D eigenvalue weighted by Crippen LogP contribution is 2.17. The molecular formula is C17H16FN7O. The minimum Gasteiger partial charge on any atom is -0.353 e. The van der Waals surface area contributed by atoms with Crippen LogP contribution in [-0.4, -0.2) is 61.5 Å². The molecule has 1 fully saturated rings. The second kappa shape index (κ2) is 6.87. The molecule has 1 saturated heterocycles. The monoisotopic (exact) mass is 353 g/mol. The molecule has 3 aromatic rings. The zero-order valence-electron chi connectivity index (χ0n) is 13.9. The third-order valence-corrected chi connectivity index (χ3v) is 4.25. The van der Waals surface area contributed by atoms with Gasteiger partial charge in [-0.15, -0.1) is 0 Å². The second-order valence-corrected chi connectivity index (χ2v) is 5.88. The standard InChI is InChI=1S/C17H16FN7O/c18-14-7-13(9-20-10-14)17(26)24-5-3-23(4-6-24)15-8-16(22-11-21-15)25-2-1-19-12-25/h1-2,7-12H,3-6H2. The molecule has 0 atom stereocenters. The first-order valence-corrected chi connectivity index (χ1v) is 8.16. The Morgan fingerprint density at radius 2 is 1.81 bits per heavy atom. The van der Waals surface area contributed by atoms with Crippen molar-refractivity contribution in [1.29, 1.82) is 0 Å². The van der Waals surface area contributed by atoms with Crippen molar-refractivity contribution in [2.24, 2.45) is 0 Å². The van der Waals surface area contributed by atoms with Gasteiger partial charge >= 0.3 is 0 Å². The topological polar surface area (TPSA) is 80.0 Å². The summed E-state index contributed by atoms with van der Waals surface area (Å²) in [5, 5.41) is 0. The van der Waals surface area contributed by atoms with Crippen molar-refractivity contribution < 1.29 is 9.18 Å². The minimum absolute atomic E-state index is 0.210. The van der Waals surface area contributed by atoms with Crippen molar-refractivity contribution in [3.8, 4) is 5.82 Å². The van der Waals surface area contributed by atoms with Crippen molar-refractivity contribution in [2.75, 3.05) is 31.1 Å². The van der Waals surface area contributed by atoms with Gasteiger partial charge in [0.25, 0.3) is 5.91 Å². The average molecular weight is 353 g/mol. The number of carbonyl (C=O) groups excluding carboxylic acids is 1. The molecule has 132 valence electrons. The Hall–Kier alpha value is -3.36. The molecule has 4 heterocycles. The Morgan fingerprint density at radius 1 is 1.00 bits per heavy atom. The van der Waals surface area contributed by atoms with Crippen LogP contribution in [-0.2, 0) is 0 Å². The molecule has 1 aliphatic rings. The lowest BCUT2D eigenvalue weighted by atomic mass is 10.2. The van der Waals surface area contributed by atoms with Crippen LogP contribution in [0.25, 0.3) is 5.82 Å². The lowest BCUT2D eigenvalue weighted by Gasteiger charge is -2.35. The molecule has 0 aromatic carbocycles. The van der Waals surface area contributed by atoms with Crippen LogP contribution in [0.1, 0.15) is 10.4 Å². The van der Waals surface area contributed by atoms with Crippen LogP contribution in [0.4, 0.5) is 10.2 Å². The summed E-state index contributed by atoms with van der Waals surface area (Å²) in [6, 6.07) is 3.10. The SMILES string of the molecule is O=C(c1cncc(F)c1)N1CCN(c2cc(-n3ccnc3)ncn2)CC1. The number of carbonyl (C=O) groups is 1. The number of hydrogen-bond acceptors (Lipinski definition) is 6. The third kappa shape index (κ3) is 3.23. The van der Waals surface area contributed by atoms with Crippen molar-refractivity contribution in [3.63, 3.8) is 0 Å². The number of imidazole rings is 1. The highest BCUT2D eigenvalue weighted by Gasteiger charge is 2.23. The molecular weight excluding hydrogens is 337 g/mol. The Labute approximate surface area is 149 Å². The minimum atomic E-state index is -0.512. The van der Waals surface area contributed by atoms with E-state index in [4.69, 9.17) is 0 Å². The fraction of sp³-hybridized carbons (Fsp3) is 0.235. The molecule has 0 N–H and O–H groups in total. The highest BCUT2D eigenvalue weighted by molar-refractivity contribution is 5.94. The second-order valence-electron chi connectivity index (χ2n) is 5.88. The molecule has 4 rings (SSSR count). The van der Waals surface area contributed by atoms with E-state index in [1.807, 2.05) is 16.8 Å². The highest BCUT2D eigenvalue weighted by atomic mass is 19.1. The van der Waals surface area contributed by atoms with E-state index in [0.29, 0.717) is 26.2 Å². The van der Waals surface area contributed by atoms with Crippen molar-refractivity contribution in [1.82, 2.24) is 29.4 Å². The molecule has 3 aromatic heterocycles. The lowest BCUT2D eigenvalue weighted by Crippen LogP contribution is -2.49. The van der Waals surface area contributed by atoms with Gasteiger partial charge in [0.2, 0.25) is 0 Å². The zero-order chi connectivity index (χ0) is 17.9. The van der Waals surface area contributed by atoms with Crippen LogP contribution < -0.4 is 4.90 Å². The van der Waals surface area contributed by atoms with Crippen molar-refractivity contribution in [2.45, 2.75) is 0 Å². The Morgan fingerprint density at radius 3 is 2.54 bits per heavy atom. The Balaban J connectivity index is 1.44. The van der Waals surface area contributed by atoms with Crippen LogP contribution in [0.2, 0.25) is 0 Å². The summed E-state index contributed by atoms with van der Waals surface area (Å²) in [7, 11) is 0. The summed E-state index contributed by atoms with van der Waals surface area (Å²) in [5.74, 6) is 0.806. The van der Waals surface area contributed by atoms with Gasteiger partial charge in [0.05, 0.1) is 11.8 Å². The van der Waals surface area contributed by atoms with E-state index in [1.165, 1.54) is 18.6 Å². The average Bonchev–Trinajstić information content (AvgIpc) is 3.23. The normalized spacial score (nSPS) is 14.5. The van der Waals surface area contributed by atoms with Gasteiger partial charge in [-0.1, -0.05) is 0 Å². The predicted molar refractivity (Wildman–Crippen MR) is 91.5 cm³/mol. The molecule has 1 aliphatic heterocycles. The number of piperazine rings is 1. The van der Waals surface area contributed by atoms with Gasteiger partial charge in [0.15, 0.2) is 0 Å². The van der Waals surface area contributed by atoms with E-state index in [0.717, 1.165) is 17.8 Å². The Bertz CT molecular complexity index is 907. The summed E-state index contributed by atoms with van der Waals surface area (Å²) in [4.78, 5) is 32.6. The van der Waals surface area contributed by atoms with E-state index >= 15 is 0 Å². The van der Waals surface area contributed by atoms with E-state index in [2.05, 4.69) is 24.8 Å². The zero-order valence-corrected chi connectivity index (χ0v) is 13.9. The number of halogens is 1. The van der Waals surface area contributed by atoms with E-state index in [-0.39, 0.29) is 11.5 Å². The molecule has 0 bridgehead atoms. The lowest BCUT2D eigenvalue weighted by molar-refractivity contribution is 0.0745. The molecule has 0 spiro atoms. The Kier molecular flexibility index (Phi) is 4.26. The van der Waals surface area contributed by atoms with Crippen LogP contribution in [0.5, 0.6) is 0 Å². The van der Waals surface area contributed by atoms with E-state index in [1.54, 1.807) is 17.4 Å². The summed E-state index contributed by atoms with van der Waals surface area (Å²) >= 11 is 0. The molecule has 0 saturated carbocycles. The van der Waals surface area contributed by atoms with Gasteiger partial charge < -0.3 is 9.80 Å². The molecule has 9 heteroatoms. The van der Waals surface area contributed by atoms with Crippen molar-refractivity contribution >= 4 is 11.7 Å².